The second-order valence-electron chi connectivity index (χ2n) is 41.1. The largest absolute Gasteiger partial charge is 0.491 e. The maximum Gasteiger partial charge on any atom is 0.253 e. The Morgan fingerprint density at radius 2 is 1.05 bits per heavy atom. The summed E-state index contributed by atoms with van der Waals surface area (Å²) >= 11 is 0. The Bertz CT molecular complexity index is 6440. The van der Waals surface area contributed by atoms with E-state index in [0.29, 0.717) is 89.0 Å². The second-order valence-corrected chi connectivity index (χ2v) is 41.1. The van der Waals surface area contributed by atoms with E-state index in [1.807, 2.05) is 74.4 Å². The topological polar surface area (TPSA) is 343 Å². The van der Waals surface area contributed by atoms with Crippen LogP contribution in [0.15, 0.2) is 157 Å². The first kappa shape index (κ1) is 99.1. The van der Waals surface area contributed by atoms with Gasteiger partial charge in [-0.1, -0.05) is 79.9 Å². The minimum Gasteiger partial charge on any atom is -0.491 e. The maximum absolute atomic E-state index is 12.9. The van der Waals surface area contributed by atoms with E-state index < -0.39 is 0 Å². The van der Waals surface area contributed by atoms with E-state index in [1.165, 1.54) is 56.9 Å². The van der Waals surface area contributed by atoms with Crippen molar-refractivity contribution >= 4 is 97.9 Å². The van der Waals surface area contributed by atoms with Gasteiger partial charge in [-0.15, -0.1) is 0 Å². The summed E-state index contributed by atoms with van der Waals surface area (Å²) in [5, 5.41) is 28.2. The highest BCUT2D eigenvalue weighted by Gasteiger charge is 2.54. The number of piperazine rings is 4. The number of hydrogen-bond donors (Lipinski definition) is 6. The highest BCUT2D eigenvalue weighted by molar-refractivity contribution is 6.08. The lowest BCUT2D eigenvalue weighted by Gasteiger charge is -2.47. The molecule has 0 bridgehead atoms. The molecule has 10 aromatic rings. The average molecular weight is 1920 g/mol. The van der Waals surface area contributed by atoms with Gasteiger partial charge >= 0.3 is 0 Å². The predicted octanol–water partition coefficient (Wildman–Crippen LogP) is 17.2. The molecule has 0 amide bonds. The molecule has 2 spiro atoms. The molecule has 142 heavy (non-hydrogen) atoms. The van der Waals surface area contributed by atoms with Gasteiger partial charge < -0.3 is 60.4 Å². The quantitative estimate of drug-likeness (QED) is 0.0493. The number of benzene rings is 1. The van der Waals surface area contributed by atoms with Crippen LogP contribution in [0.1, 0.15) is 190 Å². The Morgan fingerprint density at radius 3 is 1.59 bits per heavy atom. The molecule has 748 valence electrons. The third-order valence-electron chi connectivity index (χ3n) is 30.7. The molecule has 9 aliphatic heterocycles. The van der Waals surface area contributed by atoms with Crippen LogP contribution in [0.25, 0.3) is 45.3 Å². The number of ketones is 1. The third kappa shape index (κ3) is 21.4. The van der Waals surface area contributed by atoms with Crippen molar-refractivity contribution in [1.82, 2.24) is 103 Å². The van der Waals surface area contributed by atoms with Crippen molar-refractivity contribution in [3.63, 3.8) is 0 Å². The maximum atomic E-state index is 12.9. The molecule has 0 radical (unpaired) electrons. The molecule has 18 heterocycles. The van der Waals surface area contributed by atoms with E-state index in [0.717, 1.165) is 265 Å². The zero-order chi connectivity index (χ0) is 96.5. The highest BCUT2D eigenvalue weighted by Crippen LogP contribution is 2.60. The van der Waals surface area contributed by atoms with E-state index in [9.17, 15) is 9.90 Å². The number of carbonyl (C=O) groups excluding carboxylic acids is 1. The van der Waals surface area contributed by atoms with Crippen molar-refractivity contribution in [2.75, 3.05) is 164 Å². The number of hydrogen-bond acceptors (Lipinski definition) is 31. The van der Waals surface area contributed by atoms with E-state index in [4.69, 9.17) is 29.9 Å². The standard InChI is InChI=1S/C29H36N8.C28H38N6O.C25H33N9O.C24H29N9.2CH4/c1-19(2)28-24-16-22(6-8-26(24)33-21(5)17-32-28)25-10-11-30-29(34-25)35-27-9-7-23(18-31-27)37-14-12-36(13-15-37)20(3)4;1-19(2)33-12-14-34(15-13-33)21-6-7-24(29-18-21)31-27-30-17-20-16-22-23(35)8-11-28(9-4-3-5-10-28)25(22)26(20)32-27;1-17(2)32-10-12-33(13-11-32)18-6-7-20(26-14-18)30-24-27-15-19-21(31-24)34-22(23(35)29-19)28-16-25(34)8-4-3-5-9-25;1-16(2)30-6-8-31(9-7-30)19-4-5-21(25-14-19)28-24-26-13-18-12-20-23-27-17(3)15-32(23)10-11-33(20)22(18)29-24;;/h6-11,16,18-20,33H,5,12-15,17H2,1-4H3,(H,30,31,34,35);6-7,17-19,22,25H,3-5,8-16H2,1-2H3,(H,29,30,31,32);6-7,14-15,17,28,35H,3-5,8-13,16H2,1-2H3;4-5,12-16H,6-11H2,1-3H3,(H,25,26,28,29);2*1H4. The van der Waals surface area contributed by atoms with E-state index in [1.54, 1.807) is 12.4 Å². The molecule has 23 rings (SSSR count). The Labute approximate surface area is 835 Å². The number of anilines is 12. The number of nitrogens with zero attached hydrogens (tertiary/aromatic N) is 27. The zero-order valence-electron chi connectivity index (χ0n) is 83.2. The van der Waals surface area contributed by atoms with Crippen LogP contribution in [0.3, 0.4) is 0 Å². The first-order valence-electron chi connectivity index (χ1n) is 51.1. The van der Waals surface area contributed by atoms with Gasteiger partial charge in [-0.05, 0) is 191 Å². The second kappa shape index (κ2) is 43.0. The van der Waals surface area contributed by atoms with Crippen LogP contribution in [0.4, 0.5) is 75.4 Å². The van der Waals surface area contributed by atoms with Gasteiger partial charge in [0.25, 0.3) is 11.5 Å². The highest BCUT2D eigenvalue weighted by atomic mass is 16.3. The first-order valence-corrected chi connectivity index (χ1v) is 51.1. The normalized spacial score (nSPS) is 19.5. The van der Waals surface area contributed by atoms with Gasteiger partial charge in [-0.2, -0.15) is 15.0 Å². The zero-order valence-corrected chi connectivity index (χ0v) is 83.2. The molecule has 9 aromatic heterocycles. The monoisotopic (exact) mass is 1920 g/mol. The lowest BCUT2D eigenvalue weighted by atomic mass is 9.56. The molecule has 2 atom stereocenters. The van der Waals surface area contributed by atoms with Crippen molar-refractivity contribution in [2.45, 2.75) is 223 Å². The van der Waals surface area contributed by atoms with Crippen LogP contribution in [-0.2, 0) is 29.8 Å². The fraction of sp³-hybridized carbons (Fsp3) is 0.509. The summed E-state index contributed by atoms with van der Waals surface area (Å²) in [4.78, 5) is 107. The minimum absolute atomic E-state index is 0. The minimum atomic E-state index is -0.0859. The Balaban J connectivity index is 0.000000124. The molecule has 4 aliphatic carbocycles. The van der Waals surface area contributed by atoms with Crippen LogP contribution in [0.5, 0.6) is 5.88 Å². The first-order chi connectivity index (χ1) is 68.0. The summed E-state index contributed by atoms with van der Waals surface area (Å²) in [6.45, 7) is 48.5. The van der Waals surface area contributed by atoms with Crippen LogP contribution < -0.4 is 51.8 Å². The van der Waals surface area contributed by atoms with Gasteiger partial charge in [0.15, 0.2) is 23.3 Å². The van der Waals surface area contributed by atoms with E-state index in [2.05, 4.69) is 260 Å². The predicted molar refractivity (Wildman–Crippen MR) is 569 cm³/mol. The summed E-state index contributed by atoms with van der Waals surface area (Å²) in [5.74, 6) is 7.93. The number of imidazole rings is 1. The van der Waals surface area contributed by atoms with Gasteiger partial charge in [-0.25, -0.2) is 59.8 Å². The Morgan fingerprint density at radius 1 is 0.507 bits per heavy atom. The number of aryl methyl sites for hydroxylation is 3. The van der Waals surface area contributed by atoms with E-state index in [-0.39, 0.29) is 43.5 Å². The average Bonchev–Trinajstić information content (AvgIpc) is 1.57. The number of aromatic nitrogens is 17. The Kier molecular flexibility index (Phi) is 30.0. The van der Waals surface area contributed by atoms with Gasteiger partial charge in [0.2, 0.25) is 17.8 Å². The number of benzodiazepines with no additional fused rings is 1. The van der Waals surface area contributed by atoms with Crippen LogP contribution >= 0.6 is 0 Å². The molecule has 6 N–H and O–H groups in total. The molecule has 3 saturated carbocycles. The fourth-order valence-corrected chi connectivity index (χ4v) is 22.8. The SMILES string of the molecule is C.C.C=C1CN=C(C(C)C)c2cc(-c3ccnc(Nc4ccc(N5CCN(C(C)C)CC5)cn4)n3)ccc2N1.CC(C)N1CCN(c2ccc(N=c3ncc4nc(O)c5n(c-4n3)C3(CCCCC3)CN5)nc2)CC1.CC(C)N1CCN(c2ccc(Nc3ncc4c(n3)C3C(C4)C(=O)CCC34CCCCC4)nc2)CC1.Cc1cn2c(n1)-c1cc3cnc(Nc4ccc(N5CCN(C(C)C)CC5)cn4)nc3n1CC2. The van der Waals surface area contributed by atoms with Crippen molar-refractivity contribution in [1.29, 1.82) is 0 Å². The number of nitrogens with one attached hydrogen (secondary N) is 5. The number of Topliss-reactive ketones (excluding diaryl/α,β-unsaturated/α-hetero) is 1. The number of rotatable bonds is 17. The smallest absolute Gasteiger partial charge is 0.253 e. The summed E-state index contributed by atoms with van der Waals surface area (Å²) in [5.41, 5.74) is 17.0. The van der Waals surface area contributed by atoms with Crippen molar-refractivity contribution < 1.29 is 9.90 Å². The summed E-state index contributed by atoms with van der Waals surface area (Å²) in [6.07, 6.45) is 31.7. The van der Waals surface area contributed by atoms with E-state index >= 15 is 0 Å². The summed E-state index contributed by atoms with van der Waals surface area (Å²) < 4.78 is 6.60. The number of fused-ring (bicyclic) bond motifs is 14. The van der Waals surface area contributed by atoms with Gasteiger partial charge in [0.05, 0.1) is 88.6 Å². The molecule has 34 heteroatoms. The van der Waals surface area contributed by atoms with Crippen LogP contribution in [0.2, 0.25) is 0 Å². The van der Waals surface area contributed by atoms with Gasteiger partial charge in [0, 0.05) is 225 Å². The van der Waals surface area contributed by atoms with Gasteiger partial charge in [-0.3, -0.25) is 34.0 Å². The number of pyridine rings is 4. The molecule has 1 aromatic carbocycles. The molecule has 34 nitrogen and oxygen atoms in total. The lowest BCUT2D eigenvalue weighted by Crippen LogP contribution is -2.48. The molecule has 4 saturated heterocycles. The number of aliphatic imine (C=N–C) groups is 1. The summed E-state index contributed by atoms with van der Waals surface area (Å²) in [7, 11) is 0. The van der Waals surface area contributed by atoms with Crippen LogP contribution in [0, 0.1) is 24.2 Å². The van der Waals surface area contributed by atoms with Crippen LogP contribution in [-0.4, -0.2) is 262 Å². The fourth-order valence-electron chi connectivity index (χ4n) is 22.8. The Hall–Kier alpha value is -13.1. The molecular weight excluding hydrogens is 1780 g/mol. The van der Waals surface area contributed by atoms with Gasteiger partial charge in [0.1, 0.15) is 34.6 Å². The number of aromatic hydroxyl groups is 1. The lowest BCUT2D eigenvalue weighted by molar-refractivity contribution is -0.129. The molecular formula is C108H144N32O2. The molecule has 2 unspecified atom stereocenters. The third-order valence-corrected chi connectivity index (χ3v) is 30.7. The number of carbonyl (C=O) groups is 1. The van der Waals surface area contributed by atoms with Crippen molar-refractivity contribution in [2.24, 2.45) is 27.2 Å². The molecule has 7 fully saturated rings. The van der Waals surface area contributed by atoms with Crippen molar-refractivity contribution in [3.8, 4) is 40.2 Å². The van der Waals surface area contributed by atoms with Crippen molar-refractivity contribution in [3.05, 3.63) is 175 Å². The summed E-state index contributed by atoms with van der Waals surface area (Å²) in [6, 6.07) is 29.1. The molecule has 13 aliphatic rings.